The van der Waals surface area contributed by atoms with Gasteiger partial charge in [-0.1, -0.05) is 12.6 Å². The molecule has 0 nitrogen and oxygen atoms in total. The van der Waals surface area contributed by atoms with Crippen molar-refractivity contribution in [2.45, 2.75) is 18.1 Å². The second-order valence-corrected chi connectivity index (χ2v) is 3.54. The van der Waals surface area contributed by atoms with Crippen molar-refractivity contribution in [3.05, 3.63) is 0 Å². The first-order valence-corrected chi connectivity index (χ1v) is 4.26. The van der Waals surface area contributed by atoms with Gasteiger partial charge in [0.2, 0.25) is 0 Å². The van der Waals surface area contributed by atoms with Crippen molar-refractivity contribution in [3.63, 3.8) is 0 Å². The van der Waals surface area contributed by atoms with E-state index in [1.807, 2.05) is 11.8 Å². The normalized spacial score (nSPS) is 31.3. The van der Waals surface area contributed by atoms with Crippen molar-refractivity contribution < 1.29 is 0 Å². The van der Waals surface area contributed by atoms with Crippen molar-refractivity contribution in [1.82, 2.24) is 0 Å². The van der Waals surface area contributed by atoms with E-state index >= 15 is 0 Å². The summed E-state index contributed by atoms with van der Waals surface area (Å²) in [5.74, 6) is 2.31. The summed E-state index contributed by atoms with van der Waals surface area (Å²) >= 11 is 6.93. The summed E-state index contributed by atoms with van der Waals surface area (Å²) in [4.78, 5) is 0. The molecule has 0 amide bonds. The summed E-state index contributed by atoms with van der Waals surface area (Å²) in [5.41, 5.74) is 0. The summed E-state index contributed by atoms with van der Waals surface area (Å²) in [6.45, 7) is 0. The maximum absolute atomic E-state index is 4.89. The molecule has 0 saturated carbocycles. The van der Waals surface area contributed by atoms with E-state index in [0.29, 0.717) is 0 Å². The molecule has 1 radical (unpaired) electrons. The third-order valence-corrected chi connectivity index (χ3v) is 3.22. The Morgan fingerprint density at radius 3 is 2.86 bits per heavy atom. The van der Waals surface area contributed by atoms with Crippen molar-refractivity contribution in [2.75, 3.05) is 11.5 Å². The van der Waals surface area contributed by atoms with Gasteiger partial charge in [0.05, 0.1) is 0 Å². The zero-order chi connectivity index (χ0) is 5.11. The van der Waals surface area contributed by atoms with Crippen LogP contribution in [0.1, 0.15) is 12.8 Å². The minimum atomic E-state index is 0.829. The highest BCUT2D eigenvalue weighted by atomic mass is 32.2. The molecule has 0 spiro atoms. The van der Waals surface area contributed by atoms with Crippen molar-refractivity contribution in [1.29, 1.82) is 0 Å². The van der Waals surface area contributed by atoms with Crippen LogP contribution < -0.4 is 0 Å². The highest BCUT2D eigenvalue weighted by Crippen LogP contribution is 2.26. The van der Waals surface area contributed by atoms with E-state index in [0.717, 1.165) is 11.0 Å². The molecule has 1 fully saturated rings. The van der Waals surface area contributed by atoms with Gasteiger partial charge in [0.15, 0.2) is 0 Å². The lowest BCUT2D eigenvalue weighted by atomic mass is 10.3. The molecule has 1 saturated heterocycles. The largest absolute Gasteiger partial charge is 0.158 e. The van der Waals surface area contributed by atoms with Gasteiger partial charge in [0.1, 0.15) is 0 Å². The van der Waals surface area contributed by atoms with Crippen LogP contribution in [0.4, 0.5) is 0 Å². The molecule has 0 bridgehead atoms. The quantitative estimate of drug-likeness (QED) is 0.528. The van der Waals surface area contributed by atoms with Crippen LogP contribution in [-0.4, -0.2) is 16.8 Å². The predicted octanol–water partition coefficient (Wildman–Crippen LogP) is 2.08. The summed E-state index contributed by atoms with van der Waals surface area (Å²) in [5, 5.41) is 0.829. The van der Waals surface area contributed by atoms with Crippen molar-refractivity contribution >= 4 is 24.4 Å². The maximum Gasteiger partial charge on any atom is 0.0156 e. The molecule has 1 heterocycles. The summed E-state index contributed by atoms with van der Waals surface area (Å²) in [6, 6.07) is 0. The Balaban J connectivity index is 2.14. The molecule has 0 aromatic heterocycles. The minimum absolute atomic E-state index is 0.829. The van der Waals surface area contributed by atoms with Crippen LogP contribution in [0.15, 0.2) is 0 Å². The summed E-state index contributed by atoms with van der Waals surface area (Å²) in [7, 11) is 0. The standard InChI is InChI=1S/C5H9S2/c6-4-5-2-1-3-7-5/h5H,1-4H2. The fourth-order valence-corrected chi connectivity index (χ4v) is 2.33. The van der Waals surface area contributed by atoms with E-state index in [4.69, 9.17) is 12.6 Å². The fraction of sp³-hybridized carbons (Fsp3) is 1.00. The second kappa shape index (κ2) is 2.88. The van der Waals surface area contributed by atoms with Gasteiger partial charge in [-0.15, -0.1) is 0 Å². The molecule has 41 valence electrons. The predicted molar refractivity (Wildman–Crippen MR) is 37.9 cm³/mol. The Morgan fingerprint density at radius 2 is 2.57 bits per heavy atom. The summed E-state index contributed by atoms with van der Waals surface area (Å²) in [6.07, 6.45) is 2.76. The van der Waals surface area contributed by atoms with Gasteiger partial charge in [0, 0.05) is 11.0 Å². The number of thioether (sulfide) groups is 1. The van der Waals surface area contributed by atoms with Gasteiger partial charge in [-0.25, -0.2) is 0 Å². The van der Waals surface area contributed by atoms with Crippen LogP contribution in [0.3, 0.4) is 0 Å². The Labute approximate surface area is 54.5 Å². The Hall–Kier alpha value is 0.700. The number of hydrogen-bond acceptors (Lipinski definition) is 1. The van der Waals surface area contributed by atoms with E-state index in [1.54, 1.807) is 0 Å². The average molecular weight is 133 g/mol. The molecule has 1 rings (SSSR count). The van der Waals surface area contributed by atoms with E-state index in [2.05, 4.69) is 0 Å². The molecular formula is C5H9S2. The smallest absolute Gasteiger partial charge is 0.0156 e. The minimum Gasteiger partial charge on any atom is -0.158 e. The molecule has 0 aromatic carbocycles. The van der Waals surface area contributed by atoms with E-state index in [1.165, 1.54) is 18.6 Å². The van der Waals surface area contributed by atoms with E-state index < -0.39 is 0 Å². The lowest BCUT2D eigenvalue weighted by molar-refractivity contribution is 0.846. The van der Waals surface area contributed by atoms with Crippen molar-refractivity contribution in [2.24, 2.45) is 0 Å². The van der Waals surface area contributed by atoms with Gasteiger partial charge in [-0.05, 0) is 18.6 Å². The number of hydrogen-bond donors (Lipinski definition) is 0. The van der Waals surface area contributed by atoms with Gasteiger partial charge in [-0.3, -0.25) is 0 Å². The third kappa shape index (κ3) is 1.57. The van der Waals surface area contributed by atoms with E-state index in [-0.39, 0.29) is 0 Å². The lowest BCUT2D eigenvalue weighted by Gasteiger charge is -1.97. The SMILES string of the molecule is [S]CC1CCCS1. The Morgan fingerprint density at radius 1 is 1.71 bits per heavy atom. The number of rotatable bonds is 1. The average Bonchev–Trinajstić information content (AvgIpc) is 2.14. The van der Waals surface area contributed by atoms with Crippen LogP contribution in [0.5, 0.6) is 0 Å². The molecule has 0 aromatic rings. The van der Waals surface area contributed by atoms with Crippen LogP contribution in [0, 0.1) is 0 Å². The zero-order valence-corrected chi connectivity index (χ0v) is 5.86. The van der Waals surface area contributed by atoms with Crippen LogP contribution in [0.25, 0.3) is 0 Å². The molecule has 1 atom stereocenters. The zero-order valence-electron chi connectivity index (χ0n) is 4.22. The van der Waals surface area contributed by atoms with Crippen LogP contribution in [0.2, 0.25) is 0 Å². The fourth-order valence-electron chi connectivity index (χ4n) is 0.776. The van der Waals surface area contributed by atoms with Gasteiger partial charge in [-0.2, -0.15) is 11.8 Å². The van der Waals surface area contributed by atoms with Crippen LogP contribution in [-0.2, 0) is 0 Å². The molecule has 0 aliphatic carbocycles. The molecular weight excluding hydrogens is 124 g/mol. The van der Waals surface area contributed by atoms with E-state index in [9.17, 15) is 0 Å². The molecule has 0 N–H and O–H groups in total. The Kier molecular flexibility index (Phi) is 2.40. The highest BCUT2D eigenvalue weighted by molar-refractivity contribution is 8.00. The molecule has 7 heavy (non-hydrogen) atoms. The second-order valence-electron chi connectivity index (χ2n) is 1.80. The maximum atomic E-state index is 4.89. The summed E-state index contributed by atoms with van der Waals surface area (Å²) < 4.78 is 0. The van der Waals surface area contributed by atoms with Gasteiger partial charge < -0.3 is 0 Å². The van der Waals surface area contributed by atoms with Gasteiger partial charge in [0.25, 0.3) is 0 Å². The molecule has 1 unspecified atom stereocenters. The lowest BCUT2D eigenvalue weighted by Crippen LogP contribution is -1.95. The highest BCUT2D eigenvalue weighted by Gasteiger charge is 2.12. The molecule has 2 heteroatoms. The topological polar surface area (TPSA) is 0 Å². The van der Waals surface area contributed by atoms with Gasteiger partial charge >= 0.3 is 0 Å². The van der Waals surface area contributed by atoms with Crippen molar-refractivity contribution in [3.8, 4) is 0 Å². The first-order chi connectivity index (χ1) is 3.43. The molecule has 1 aliphatic heterocycles. The monoisotopic (exact) mass is 133 g/mol. The first kappa shape index (κ1) is 5.83. The van der Waals surface area contributed by atoms with Crippen LogP contribution >= 0.6 is 24.4 Å². The first-order valence-electron chi connectivity index (χ1n) is 2.63. The Bertz CT molecular complexity index is 48.0. The molecule has 1 aliphatic rings. The third-order valence-electron chi connectivity index (χ3n) is 1.21.